The molecule has 29 heavy (non-hydrogen) atoms. The highest BCUT2D eigenvalue weighted by Crippen LogP contribution is 2.48. The van der Waals surface area contributed by atoms with Gasteiger partial charge < -0.3 is 14.1 Å². The zero-order valence-corrected chi connectivity index (χ0v) is 19.2. The largest absolute Gasteiger partial charge is 0.497 e. The summed E-state index contributed by atoms with van der Waals surface area (Å²) >= 11 is 3.50. The zero-order valence-electron chi connectivity index (χ0n) is 17.6. The van der Waals surface area contributed by atoms with Crippen LogP contribution in [-0.2, 0) is 10.2 Å². The van der Waals surface area contributed by atoms with Gasteiger partial charge in [-0.1, -0.05) is 29.8 Å². The average Bonchev–Trinajstić information content (AvgIpc) is 3.09. The van der Waals surface area contributed by atoms with E-state index >= 15 is 0 Å². The number of carbonyl (C=O) groups excluding carboxylic acids is 1. The van der Waals surface area contributed by atoms with Crippen LogP contribution in [0.1, 0.15) is 56.7 Å². The van der Waals surface area contributed by atoms with Crippen LogP contribution in [0.2, 0.25) is 0 Å². The highest BCUT2D eigenvalue weighted by Gasteiger charge is 2.43. The average molecular weight is 458 g/mol. The van der Waals surface area contributed by atoms with E-state index in [1.807, 2.05) is 18.2 Å². The summed E-state index contributed by atoms with van der Waals surface area (Å²) in [5.41, 5.74) is 3.06. The van der Waals surface area contributed by atoms with Gasteiger partial charge in [0.2, 0.25) is 0 Å². The molecule has 0 unspecified atom stereocenters. The van der Waals surface area contributed by atoms with E-state index in [0.29, 0.717) is 6.61 Å². The van der Waals surface area contributed by atoms with E-state index in [4.69, 9.17) is 9.15 Å². The van der Waals surface area contributed by atoms with Crippen molar-refractivity contribution in [3.05, 3.63) is 57.0 Å². The van der Waals surface area contributed by atoms with Gasteiger partial charge in [0, 0.05) is 33.8 Å². The molecule has 0 saturated heterocycles. The van der Waals surface area contributed by atoms with Crippen molar-refractivity contribution in [2.75, 3.05) is 26.2 Å². The maximum atomic E-state index is 13.4. The Labute approximate surface area is 180 Å². The molecule has 0 fully saturated rings. The first-order valence-electron chi connectivity index (χ1n) is 10.4. The molecule has 1 aromatic heterocycles. The van der Waals surface area contributed by atoms with Crippen molar-refractivity contribution in [2.24, 2.45) is 0 Å². The van der Waals surface area contributed by atoms with Crippen molar-refractivity contribution in [2.45, 2.75) is 46.0 Å². The predicted molar refractivity (Wildman–Crippen MR) is 119 cm³/mol. The van der Waals surface area contributed by atoms with E-state index in [9.17, 15) is 4.79 Å². The molecule has 4 nitrogen and oxygen atoms in total. The van der Waals surface area contributed by atoms with Crippen LogP contribution in [0, 0.1) is 0 Å². The number of fused-ring (bicyclic) bond motifs is 3. The second-order valence-corrected chi connectivity index (χ2v) is 9.19. The Bertz CT molecular complexity index is 1020. The summed E-state index contributed by atoms with van der Waals surface area (Å²) in [4.78, 5) is 15.7. The molecular formula is C24H28BrNO3. The molecule has 0 spiro atoms. The van der Waals surface area contributed by atoms with Gasteiger partial charge in [-0.3, -0.25) is 4.79 Å². The standard InChI is InChI=1S/C24H28BrNO3/c1-5-26(6-2)11-12-28-16-8-10-17-19(14-16)24(3,4)23-21(22(17)27)18-9-7-15(25)13-20(18)29-23/h7,9,13-14H,5-6,8,10-12H2,1-4H3. The third-order valence-electron chi connectivity index (χ3n) is 6.24. The minimum Gasteiger partial charge on any atom is -0.497 e. The van der Waals surface area contributed by atoms with Crippen molar-refractivity contribution in [3.63, 3.8) is 0 Å². The van der Waals surface area contributed by atoms with Crippen molar-refractivity contribution in [1.29, 1.82) is 0 Å². The third kappa shape index (κ3) is 3.49. The van der Waals surface area contributed by atoms with Crippen LogP contribution in [0.15, 0.2) is 50.1 Å². The van der Waals surface area contributed by atoms with Gasteiger partial charge in [-0.25, -0.2) is 0 Å². The number of hydrogen-bond acceptors (Lipinski definition) is 4. The number of halogens is 1. The second kappa shape index (κ2) is 7.77. The van der Waals surface area contributed by atoms with Crippen molar-refractivity contribution in [1.82, 2.24) is 4.90 Å². The van der Waals surface area contributed by atoms with E-state index < -0.39 is 0 Å². The molecule has 154 valence electrons. The summed E-state index contributed by atoms with van der Waals surface area (Å²) in [5, 5.41) is 0.901. The van der Waals surface area contributed by atoms with Crippen molar-refractivity contribution in [3.8, 4) is 0 Å². The van der Waals surface area contributed by atoms with E-state index in [-0.39, 0.29) is 11.2 Å². The zero-order chi connectivity index (χ0) is 20.8. The lowest BCUT2D eigenvalue weighted by Crippen LogP contribution is -2.31. The lowest BCUT2D eigenvalue weighted by atomic mass is 9.69. The van der Waals surface area contributed by atoms with E-state index in [2.05, 4.69) is 54.6 Å². The fourth-order valence-corrected chi connectivity index (χ4v) is 4.81. The predicted octanol–water partition coefficient (Wildman–Crippen LogP) is 6.00. The number of allylic oxidation sites excluding steroid dienone is 4. The molecule has 0 bridgehead atoms. The van der Waals surface area contributed by atoms with Gasteiger partial charge >= 0.3 is 0 Å². The number of nitrogens with zero attached hydrogens (tertiary/aromatic N) is 1. The fourth-order valence-electron chi connectivity index (χ4n) is 4.47. The topological polar surface area (TPSA) is 42.7 Å². The van der Waals surface area contributed by atoms with Crippen LogP contribution in [0.3, 0.4) is 0 Å². The number of likely N-dealkylation sites (N-methyl/N-ethyl adjacent to an activating group) is 1. The Morgan fingerprint density at radius 1 is 1.21 bits per heavy atom. The minimum absolute atomic E-state index is 0.105. The van der Waals surface area contributed by atoms with Crippen LogP contribution >= 0.6 is 15.9 Å². The van der Waals surface area contributed by atoms with Crippen LogP contribution in [0.4, 0.5) is 0 Å². The summed E-state index contributed by atoms with van der Waals surface area (Å²) < 4.78 is 13.3. The molecule has 0 radical (unpaired) electrons. The second-order valence-electron chi connectivity index (χ2n) is 8.28. The molecule has 2 aliphatic rings. The first kappa shape index (κ1) is 20.4. The first-order chi connectivity index (χ1) is 13.9. The molecule has 2 aromatic rings. The molecule has 4 rings (SSSR count). The minimum atomic E-state index is -0.377. The Hall–Kier alpha value is -1.85. The van der Waals surface area contributed by atoms with Crippen LogP contribution in [0.25, 0.3) is 11.0 Å². The maximum absolute atomic E-state index is 13.4. The third-order valence-corrected chi connectivity index (χ3v) is 6.73. The molecule has 1 aromatic carbocycles. The number of ether oxygens (including phenoxy) is 1. The SMILES string of the molecule is CCN(CC)CCOC1=CC2=C(CC1)C(=O)c1c(oc3cc(Br)ccc13)C2(C)C. The molecule has 0 amide bonds. The number of carbonyl (C=O) groups is 1. The molecular weight excluding hydrogens is 430 g/mol. The lowest BCUT2D eigenvalue weighted by molar-refractivity contribution is 0.101. The number of furan rings is 1. The van der Waals surface area contributed by atoms with E-state index in [0.717, 1.165) is 76.1 Å². The summed E-state index contributed by atoms with van der Waals surface area (Å²) in [6.07, 6.45) is 3.58. The monoisotopic (exact) mass is 457 g/mol. The van der Waals surface area contributed by atoms with Crippen LogP contribution in [0.5, 0.6) is 0 Å². The molecule has 0 saturated carbocycles. The van der Waals surface area contributed by atoms with Gasteiger partial charge in [-0.05, 0) is 63.2 Å². The van der Waals surface area contributed by atoms with Gasteiger partial charge in [0.05, 0.1) is 11.3 Å². The first-order valence-corrected chi connectivity index (χ1v) is 11.2. The Morgan fingerprint density at radius 2 is 1.97 bits per heavy atom. The smallest absolute Gasteiger partial charge is 0.193 e. The lowest BCUT2D eigenvalue weighted by Gasteiger charge is -2.34. The molecule has 0 N–H and O–H groups in total. The molecule has 0 aliphatic heterocycles. The van der Waals surface area contributed by atoms with Crippen LogP contribution < -0.4 is 0 Å². The molecule has 2 aliphatic carbocycles. The Morgan fingerprint density at radius 3 is 2.69 bits per heavy atom. The van der Waals surface area contributed by atoms with Crippen molar-refractivity contribution >= 4 is 32.7 Å². The summed E-state index contributed by atoms with van der Waals surface area (Å²) in [6, 6.07) is 5.88. The van der Waals surface area contributed by atoms with Gasteiger partial charge in [-0.2, -0.15) is 0 Å². The normalized spacial score (nSPS) is 18.1. The highest BCUT2D eigenvalue weighted by atomic mass is 79.9. The summed E-state index contributed by atoms with van der Waals surface area (Å²) in [5.74, 6) is 1.84. The molecule has 0 atom stereocenters. The van der Waals surface area contributed by atoms with Gasteiger partial charge in [0.25, 0.3) is 0 Å². The molecule has 1 heterocycles. The van der Waals surface area contributed by atoms with Gasteiger partial charge in [0.15, 0.2) is 5.78 Å². The van der Waals surface area contributed by atoms with E-state index in [1.165, 1.54) is 0 Å². The number of Topliss-reactive ketones (excluding diaryl/α,β-unsaturated/α-hetero) is 1. The molecule has 5 heteroatoms. The van der Waals surface area contributed by atoms with Gasteiger partial charge in [-0.15, -0.1) is 0 Å². The Kier molecular flexibility index (Phi) is 5.47. The number of hydrogen-bond donors (Lipinski definition) is 0. The van der Waals surface area contributed by atoms with Crippen molar-refractivity contribution < 1.29 is 13.9 Å². The number of benzene rings is 1. The maximum Gasteiger partial charge on any atom is 0.193 e. The van der Waals surface area contributed by atoms with E-state index in [1.54, 1.807) is 0 Å². The highest BCUT2D eigenvalue weighted by molar-refractivity contribution is 9.10. The van der Waals surface area contributed by atoms with Gasteiger partial charge in [0.1, 0.15) is 18.0 Å². The van der Waals surface area contributed by atoms with Crippen LogP contribution in [-0.4, -0.2) is 36.9 Å². The quantitative estimate of drug-likeness (QED) is 0.533. The number of rotatable bonds is 6. The number of ketones is 1. The summed E-state index contributed by atoms with van der Waals surface area (Å²) in [7, 11) is 0. The summed E-state index contributed by atoms with van der Waals surface area (Å²) in [6.45, 7) is 12.3. The Balaban J connectivity index is 1.66. The fraction of sp³-hybridized carbons (Fsp3) is 0.458.